The zero-order valence-corrected chi connectivity index (χ0v) is 13.8. The number of para-hydroxylation sites is 2. The van der Waals surface area contributed by atoms with Gasteiger partial charge in [-0.1, -0.05) is 36.4 Å². The van der Waals surface area contributed by atoms with Crippen molar-refractivity contribution >= 4 is 5.97 Å². The maximum atomic E-state index is 13.2. The fraction of sp³-hybridized carbons (Fsp3) is 0.350. The largest absolute Gasteiger partial charge is 0.457 e. The zero-order chi connectivity index (χ0) is 17.1. The normalized spacial score (nSPS) is 28.0. The molecule has 2 fully saturated rings. The standard InChI is InChI=1S/C20H19NO4/c22-18(25-19-9-11-21(13-19)12-10-19)20(23)14-5-1-3-7-16(14)24-17-8-4-2-6-15(17)20/h1-8,23H,9-13H2. The van der Waals surface area contributed by atoms with Gasteiger partial charge in [0.2, 0.25) is 5.60 Å². The van der Waals surface area contributed by atoms with Crippen LogP contribution in [0.25, 0.3) is 0 Å². The van der Waals surface area contributed by atoms with Gasteiger partial charge in [0.05, 0.1) is 0 Å². The number of ether oxygens (including phenoxy) is 2. The van der Waals surface area contributed by atoms with E-state index in [1.165, 1.54) is 0 Å². The van der Waals surface area contributed by atoms with Crippen molar-refractivity contribution in [2.75, 3.05) is 19.6 Å². The SMILES string of the molecule is O=C(OC12CCN(CC1)C2)C1(O)c2ccccc2Oc2ccccc21. The van der Waals surface area contributed by atoms with Crippen molar-refractivity contribution in [1.82, 2.24) is 4.90 Å². The molecule has 0 aliphatic carbocycles. The Morgan fingerprint density at radius 3 is 2.08 bits per heavy atom. The number of hydrogen-bond acceptors (Lipinski definition) is 5. The lowest BCUT2D eigenvalue weighted by Gasteiger charge is -2.36. The van der Waals surface area contributed by atoms with Gasteiger partial charge >= 0.3 is 5.97 Å². The van der Waals surface area contributed by atoms with Gasteiger partial charge in [0.15, 0.2) is 0 Å². The van der Waals surface area contributed by atoms with Crippen molar-refractivity contribution in [1.29, 1.82) is 0 Å². The summed E-state index contributed by atoms with van der Waals surface area (Å²) in [5.41, 5.74) is -1.45. The Bertz CT molecular complexity index is 809. The molecule has 128 valence electrons. The van der Waals surface area contributed by atoms with Gasteiger partial charge < -0.3 is 14.6 Å². The molecule has 2 saturated heterocycles. The van der Waals surface area contributed by atoms with E-state index in [4.69, 9.17) is 9.47 Å². The van der Waals surface area contributed by atoms with Gasteiger partial charge in [-0.05, 0) is 12.1 Å². The third-order valence-electron chi connectivity index (χ3n) is 5.66. The van der Waals surface area contributed by atoms with E-state index in [1.807, 2.05) is 12.1 Å². The van der Waals surface area contributed by atoms with Crippen LogP contribution in [-0.2, 0) is 15.1 Å². The van der Waals surface area contributed by atoms with Crippen LogP contribution in [0.15, 0.2) is 48.5 Å². The molecule has 3 aliphatic rings. The molecule has 3 aliphatic heterocycles. The summed E-state index contributed by atoms with van der Waals surface area (Å²) in [5.74, 6) is 0.356. The summed E-state index contributed by atoms with van der Waals surface area (Å²) in [6, 6.07) is 14.2. The smallest absolute Gasteiger partial charge is 0.348 e. The van der Waals surface area contributed by atoms with Crippen molar-refractivity contribution in [3.05, 3.63) is 59.7 Å². The van der Waals surface area contributed by atoms with E-state index in [0.717, 1.165) is 32.5 Å². The van der Waals surface area contributed by atoms with Crippen molar-refractivity contribution in [3.63, 3.8) is 0 Å². The van der Waals surface area contributed by atoms with Crippen LogP contribution in [0.1, 0.15) is 24.0 Å². The van der Waals surface area contributed by atoms with Gasteiger partial charge in [-0.15, -0.1) is 0 Å². The number of carbonyl (C=O) groups excluding carboxylic acids is 1. The second-order valence-corrected chi connectivity index (χ2v) is 7.15. The number of carbonyl (C=O) groups is 1. The lowest BCUT2D eigenvalue weighted by Crippen LogP contribution is -2.46. The quantitative estimate of drug-likeness (QED) is 0.853. The van der Waals surface area contributed by atoms with Gasteiger partial charge in [-0.25, -0.2) is 4.79 Å². The van der Waals surface area contributed by atoms with E-state index >= 15 is 0 Å². The van der Waals surface area contributed by atoms with E-state index in [-0.39, 0.29) is 0 Å². The van der Waals surface area contributed by atoms with Crippen molar-refractivity contribution in [2.45, 2.75) is 24.0 Å². The van der Waals surface area contributed by atoms with E-state index in [0.29, 0.717) is 22.6 Å². The van der Waals surface area contributed by atoms with Gasteiger partial charge in [0.1, 0.15) is 17.1 Å². The van der Waals surface area contributed by atoms with Gasteiger partial charge in [-0.2, -0.15) is 0 Å². The molecule has 0 unspecified atom stereocenters. The summed E-state index contributed by atoms with van der Waals surface area (Å²) in [7, 11) is 0. The van der Waals surface area contributed by atoms with Crippen LogP contribution in [0, 0.1) is 0 Å². The molecular formula is C20H19NO4. The molecule has 0 radical (unpaired) electrons. The maximum absolute atomic E-state index is 13.2. The minimum absolute atomic E-state index is 0.433. The highest BCUT2D eigenvalue weighted by Crippen LogP contribution is 2.48. The molecule has 0 spiro atoms. The van der Waals surface area contributed by atoms with Gasteiger partial charge in [-0.3, -0.25) is 4.90 Å². The number of benzene rings is 2. The van der Waals surface area contributed by atoms with Crippen LogP contribution in [-0.4, -0.2) is 41.2 Å². The fourth-order valence-electron chi connectivity index (χ4n) is 4.28. The van der Waals surface area contributed by atoms with E-state index in [2.05, 4.69) is 4.90 Å². The summed E-state index contributed by atoms with van der Waals surface area (Å²) < 4.78 is 11.8. The number of esters is 1. The molecule has 25 heavy (non-hydrogen) atoms. The van der Waals surface area contributed by atoms with Crippen LogP contribution in [0.3, 0.4) is 0 Å². The second-order valence-electron chi connectivity index (χ2n) is 7.15. The molecule has 2 bridgehead atoms. The van der Waals surface area contributed by atoms with Crippen molar-refractivity contribution in [3.8, 4) is 11.5 Å². The number of nitrogens with zero attached hydrogens (tertiary/aromatic N) is 1. The van der Waals surface area contributed by atoms with Gasteiger partial charge in [0, 0.05) is 43.6 Å². The summed E-state index contributed by atoms with van der Waals surface area (Å²) in [6.07, 6.45) is 1.66. The molecule has 0 atom stereocenters. The molecule has 0 amide bonds. The number of fused-ring (bicyclic) bond motifs is 4. The van der Waals surface area contributed by atoms with Crippen LogP contribution < -0.4 is 4.74 Å². The first-order chi connectivity index (χ1) is 12.1. The second kappa shape index (κ2) is 5.07. The summed E-state index contributed by atoms with van der Waals surface area (Å²) >= 11 is 0. The van der Waals surface area contributed by atoms with Crippen LogP contribution >= 0.6 is 0 Å². The molecule has 1 N–H and O–H groups in total. The van der Waals surface area contributed by atoms with Gasteiger partial charge in [0.25, 0.3) is 0 Å². The van der Waals surface area contributed by atoms with Crippen molar-refractivity contribution in [2.24, 2.45) is 0 Å². The minimum Gasteiger partial charge on any atom is -0.457 e. The molecular weight excluding hydrogens is 318 g/mol. The highest BCUT2D eigenvalue weighted by molar-refractivity contribution is 5.88. The Morgan fingerprint density at radius 2 is 1.56 bits per heavy atom. The average Bonchev–Trinajstić information content (AvgIpc) is 3.22. The van der Waals surface area contributed by atoms with Crippen LogP contribution in [0.5, 0.6) is 11.5 Å². The highest BCUT2D eigenvalue weighted by atomic mass is 16.6. The van der Waals surface area contributed by atoms with Crippen LogP contribution in [0.2, 0.25) is 0 Å². The molecule has 3 heterocycles. The first kappa shape index (κ1) is 14.9. The number of rotatable bonds is 2. The summed E-state index contributed by atoms with van der Waals surface area (Å²) in [4.78, 5) is 15.5. The molecule has 2 aromatic rings. The maximum Gasteiger partial charge on any atom is 0.348 e. The fourth-order valence-corrected chi connectivity index (χ4v) is 4.28. The minimum atomic E-state index is -1.85. The van der Waals surface area contributed by atoms with E-state index in [9.17, 15) is 9.90 Å². The first-order valence-corrected chi connectivity index (χ1v) is 8.66. The molecule has 5 rings (SSSR count). The number of hydrogen-bond donors (Lipinski definition) is 1. The third kappa shape index (κ3) is 2.06. The molecule has 0 aromatic heterocycles. The Morgan fingerprint density at radius 1 is 1.00 bits per heavy atom. The molecule has 0 saturated carbocycles. The molecule has 5 nitrogen and oxygen atoms in total. The molecule has 5 heteroatoms. The van der Waals surface area contributed by atoms with Crippen molar-refractivity contribution < 1.29 is 19.4 Å². The third-order valence-corrected chi connectivity index (χ3v) is 5.66. The lowest BCUT2D eigenvalue weighted by molar-refractivity contribution is -0.177. The predicted octanol–water partition coefficient (Wildman–Crippen LogP) is 2.42. The topological polar surface area (TPSA) is 59.0 Å². The van der Waals surface area contributed by atoms with E-state index < -0.39 is 17.2 Å². The van der Waals surface area contributed by atoms with Crippen LogP contribution in [0.4, 0.5) is 0 Å². The predicted molar refractivity (Wildman–Crippen MR) is 90.5 cm³/mol. The molecule has 2 aromatic carbocycles. The summed E-state index contributed by atoms with van der Waals surface area (Å²) in [6.45, 7) is 2.65. The monoisotopic (exact) mass is 337 g/mol. The number of aliphatic hydroxyl groups is 1. The Hall–Kier alpha value is -2.37. The Kier molecular flexibility index (Phi) is 3.03. The number of piperidine rings is 1. The van der Waals surface area contributed by atoms with E-state index in [1.54, 1.807) is 36.4 Å². The zero-order valence-electron chi connectivity index (χ0n) is 13.8. The average molecular weight is 337 g/mol. The summed E-state index contributed by atoms with van der Waals surface area (Å²) in [5, 5.41) is 11.6. The lowest BCUT2D eigenvalue weighted by atomic mass is 9.83. The highest BCUT2D eigenvalue weighted by Gasteiger charge is 2.53. The Balaban J connectivity index is 1.60. The first-order valence-electron chi connectivity index (χ1n) is 8.66. The Labute approximate surface area is 145 Å².